The van der Waals surface area contributed by atoms with Crippen LogP contribution in [0.25, 0.3) is 12.3 Å². The first-order chi connectivity index (χ1) is 9.90. The van der Waals surface area contributed by atoms with Crippen LogP contribution in [0.4, 0.5) is 5.69 Å². The van der Waals surface area contributed by atoms with E-state index >= 15 is 0 Å². The van der Waals surface area contributed by atoms with Crippen LogP contribution in [0, 0.1) is 0 Å². The Hall–Kier alpha value is -2.22. The molecule has 0 bridgehead atoms. The number of anilines is 1. The fraction of sp³-hybridized carbons (Fsp3) is 0.222. The van der Waals surface area contributed by atoms with Gasteiger partial charge in [-0.2, -0.15) is 0 Å². The predicted molar refractivity (Wildman–Crippen MR) is 83.5 cm³/mol. The van der Waals surface area contributed by atoms with Crippen molar-refractivity contribution in [1.82, 2.24) is 4.90 Å². The molecule has 2 aliphatic rings. The quantitative estimate of drug-likeness (QED) is 0.844. The summed E-state index contributed by atoms with van der Waals surface area (Å²) >= 11 is 0. The molecule has 2 nitrogen and oxygen atoms in total. The van der Waals surface area contributed by atoms with Gasteiger partial charge < -0.3 is 10.2 Å². The van der Waals surface area contributed by atoms with E-state index in [0.29, 0.717) is 6.17 Å². The van der Waals surface area contributed by atoms with E-state index in [-0.39, 0.29) is 0 Å². The van der Waals surface area contributed by atoms with Crippen LogP contribution in [-0.2, 0) is 6.42 Å². The number of hydrogen-bond acceptors (Lipinski definition) is 2. The van der Waals surface area contributed by atoms with Gasteiger partial charge >= 0.3 is 0 Å². The minimum atomic E-state index is 0.398. The molecule has 1 unspecified atom stereocenters. The molecule has 2 aliphatic heterocycles. The molecule has 1 N–H and O–H groups in total. The zero-order chi connectivity index (χ0) is 13.4. The van der Waals surface area contributed by atoms with Crippen molar-refractivity contribution in [3.63, 3.8) is 0 Å². The van der Waals surface area contributed by atoms with Gasteiger partial charge in [0, 0.05) is 18.4 Å². The second kappa shape index (κ2) is 4.71. The zero-order valence-electron chi connectivity index (χ0n) is 11.4. The SMILES string of the molecule is C1=c2ccccc2=CN(C2CCc3ccccc3N2)C1. The molecule has 2 heteroatoms. The predicted octanol–water partition coefficient (Wildman–Crippen LogP) is 1.91. The van der Waals surface area contributed by atoms with Gasteiger partial charge in [0.15, 0.2) is 0 Å². The Balaban J connectivity index is 1.63. The third kappa shape index (κ3) is 1.97. The lowest BCUT2D eigenvalue weighted by molar-refractivity contribution is 0.341. The number of hydrogen-bond donors (Lipinski definition) is 1. The molecule has 0 aliphatic carbocycles. The molecule has 2 heterocycles. The maximum absolute atomic E-state index is 3.67. The Morgan fingerprint density at radius 1 is 0.950 bits per heavy atom. The van der Waals surface area contributed by atoms with Gasteiger partial charge in [0.2, 0.25) is 0 Å². The van der Waals surface area contributed by atoms with Gasteiger partial charge in [0.05, 0.1) is 6.17 Å². The summed E-state index contributed by atoms with van der Waals surface area (Å²) in [6.07, 6.45) is 7.32. The van der Waals surface area contributed by atoms with Crippen LogP contribution in [0.1, 0.15) is 12.0 Å². The highest BCUT2D eigenvalue weighted by molar-refractivity contribution is 5.54. The van der Waals surface area contributed by atoms with Gasteiger partial charge in [-0.3, -0.25) is 0 Å². The fourth-order valence-corrected chi connectivity index (χ4v) is 3.14. The highest BCUT2D eigenvalue weighted by Crippen LogP contribution is 2.26. The van der Waals surface area contributed by atoms with E-state index in [0.717, 1.165) is 19.4 Å². The van der Waals surface area contributed by atoms with Crippen LogP contribution >= 0.6 is 0 Å². The molecule has 4 rings (SSSR count). The van der Waals surface area contributed by atoms with E-state index in [9.17, 15) is 0 Å². The minimum absolute atomic E-state index is 0.398. The van der Waals surface area contributed by atoms with Crippen molar-refractivity contribution in [2.75, 3.05) is 11.9 Å². The summed E-state index contributed by atoms with van der Waals surface area (Å²) < 4.78 is 0. The summed E-state index contributed by atoms with van der Waals surface area (Å²) in [6.45, 7) is 0.983. The average molecular weight is 262 g/mol. The molecule has 0 fully saturated rings. The normalized spacial score (nSPS) is 20.0. The van der Waals surface area contributed by atoms with E-state index in [4.69, 9.17) is 0 Å². The molecule has 0 amide bonds. The van der Waals surface area contributed by atoms with Crippen molar-refractivity contribution in [2.24, 2.45) is 0 Å². The number of rotatable bonds is 1. The lowest BCUT2D eigenvalue weighted by Crippen LogP contribution is -2.45. The maximum atomic E-state index is 3.67. The third-order valence-electron chi connectivity index (χ3n) is 4.25. The van der Waals surface area contributed by atoms with Gasteiger partial charge in [-0.15, -0.1) is 0 Å². The van der Waals surface area contributed by atoms with E-state index in [1.807, 2.05) is 0 Å². The minimum Gasteiger partial charge on any atom is -0.365 e. The number of aryl methyl sites for hydroxylation is 1. The number of nitrogens with zero attached hydrogens (tertiary/aromatic N) is 1. The Labute approximate surface area is 119 Å². The Kier molecular flexibility index (Phi) is 2.73. The van der Waals surface area contributed by atoms with Gasteiger partial charge in [-0.25, -0.2) is 0 Å². The number of benzene rings is 2. The molecular weight excluding hydrogens is 244 g/mol. The monoisotopic (exact) mass is 262 g/mol. The van der Waals surface area contributed by atoms with Crippen LogP contribution in [-0.4, -0.2) is 17.6 Å². The van der Waals surface area contributed by atoms with Gasteiger partial charge in [-0.1, -0.05) is 48.5 Å². The van der Waals surface area contributed by atoms with E-state index < -0.39 is 0 Å². The summed E-state index contributed by atoms with van der Waals surface area (Å²) in [4.78, 5) is 2.41. The van der Waals surface area contributed by atoms with Crippen molar-refractivity contribution in [2.45, 2.75) is 19.0 Å². The number of para-hydroxylation sites is 1. The van der Waals surface area contributed by atoms with Crippen molar-refractivity contribution in [3.05, 3.63) is 64.5 Å². The van der Waals surface area contributed by atoms with E-state index in [2.05, 4.69) is 71.0 Å². The molecule has 0 aromatic heterocycles. The molecule has 0 radical (unpaired) electrons. The Bertz CT molecular complexity index is 748. The summed E-state index contributed by atoms with van der Waals surface area (Å²) in [5, 5.41) is 6.34. The van der Waals surface area contributed by atoms with Gasteiger partial charge in [0.25, 0.3) is 0 Å². The molecule has 0 spiro atoms. The molecule has 0 saturated carbocycles. The third-order valence-corrected chi connectivity index (χ3v) is 4.25. The van der Waals surface area contributed by atoms with Crippen molar-refractivity contribution in [3.8, 4) is 0 Å². The molecule has 100 valence electrons. The van der Waals surface area contributed by atoms with Crippen LogP contribution in [0.5, 0.6) is 0 Å². The lowest BCUT2D eigenvalue weighted by Gasteiger charge is -2.36. The Morgan fingerprint density at radius 3 is 2.70 bits per heavy atom. The first-order valence-electron chi connectivity index (χ1n) is 7.27. The lowest BCUT2D eigenvalue weighted by atomic mass is 10.0. The average Bonchev–Trinajstić information content (AvgIpc) is 2.54. The second-order valence-electron chi connectivity index (χ2n) is 5.51. The fourth-order valence-electron chi connectivity index (χ4n) is 3.14. The van der Waals surface area contributed by atoms with Crippen molar-refractivity contribution < 1.29 is 0 Å². The van der Waals surface area contributed by atoms with E-state index in [1.165, 1.54) is 21.7 Å². The Morgan fingerprint density at radius 2 is 1.75 bits per heavy atom. The summed E-state index contributed by atoms with van der Waals surface area (Å²) in [5.41, 5.74) is 2.72. The molecular formula is C18H18N2. The largest absolute Gasteiger partial charge is 0.365 e. The van der Waals surface area contributed by atoms with Crippen LogP contribution in [0.2, 0.25) is 0 Å². The topological polar surface area (TPSA) is 15.3 Å². The van der Waals surface area contributed by atoms with Crippen LogP contribution < -0.4 is 15.8 Å². The highest BCUT2D eigenvalue weighted by atomic mass is 15.3. The first kappa shape index (κ1) is 11.6. The molecule has 0 saturated heterocycles. The van der Waals surface area contributed by atoms with Crippen LogP contribution in [0.15, 0.2) is 48.5 Å². The smallest absolute Gasteiger partial charge is 0.0991 e. The standard InChI is InChI=1S/C18H18N2/c1-2-7-16-13-20(12-11-14(16)5-1)18-10-9-15-6-3-4-8-17(15)19-18/h1-8,11,13,18-19H,9-10,12H2. The molecule has 20 heavy (non-hydrogen) atoms. The summed E-state index contributed by atoms with van der Waals surface area (Å²) in [7, 11) is 0. The second-order valence-corrected chi connectivity index (χ2v) is 5.51. The van der Waals surface area contributed by atoms with Gasteiger partial charge in [-0.05, 0) is 34.9 Å². The van der Waals surface area contributed by atoms with Crippen molar-refractivity contribution in [1.29, 1.82) is 0 Å². The number of nitrogens with one attached hydrogen (secondary N) is 1. The first-order valence-corrected chi connectivity index (χ1v) is 7.27. The number of fused-ring (bicyclic) bond motifs is 2. The van der Waals surface area contributed by atoms with Gasteiger partial charge in [0.1, 0.15) is 0 Å². The van der Waals surface area contributed by atoms with Crippen molar-refractivity contribution >= 4 is 18.0 Å². The summed E-state index contributed by atoms with van der Waals surface area (Å²) in [5.74, 6) is 0. The molecule has 1 atom stereocenters. The van der Waals surface area contributed by atoms with Crippen LogP contribution in [0.3, 0.4) is 0 Å². The highest BCUT2D eigenvalue weighted by Gasteiger charge is 2.21. The van der Waals surface area contributed by atoms with E-state index in [1.54, 1.807) is 0 Å². The zero-order valence-corrected chi connectivity index (χ0v) is 11.4. The summed E-state index contributed by atoms with van der Waals surface area (Å²) in [6, 6.07) is 17.2. The molecule has 2 aromatic carbocycles. The maximum Gasteiger partial charge on any atom is 0.0991 e. The molecule has 2 aromatic rings.